The number of rotatable bonds is 4. The van der Waals surface area contributed by atoms with Crippen LogP contribution < -0.4 is 14.4 Å². The molecule has 1 aliphatic rings. The maximum Gasteiger partial charge on any atom is 0.337 e. The highest BCUT2D eigenvalue weighted by Gasteiger charge is 2.35. The second-order valence-electron chi connectivity index (χ2n) is 6.55. The van der Waals surface area contributed by atoms with Gasteiger partial charge in [0.1, 0.15) is 5.75 Å². The molecule has 2 aromatic carbocycles. The van der Waals surface area contributed by atoms with Gasteiger partial charge in [0.05, 0.1) is 41.9 Å². The van der Waals surface area contributed by atoms with Crippen LogP contribution in [0.3, 0.4) is 0 Å². The monoisotopic (exact) mass is 438 g/mol. The number of methoxy groups -OCH3 is 1. The van der Waals surface area contributed by atoms with Crippen molar-refractivity contribution in [3.05, 3.63) is 52.5 Å². The quantitative estimate of drug-likeness (QED) is 0.736. The largest absolute Gasteiger partial charge is 0.476 e. The van der Waals surface area contributed by atoms with Crippen molar-refractivity contribution < 1.29 is 27.5 Å². The van der Waals surface area contributed by atoms with Gasteiger partial charge in [0.25, 0.3) is 5.91 Å². The third-order valence-corrected chi connectivity index (χ3v) is 5.80. The van der Waals surface area contributed by atoms with Crippen LogP contribution in [0.15, 0.2) is 36.4 Å². The zero-order chi connectivity index (χ0) is 21.3. The summed E-state index contributed by atoms with van der Waals surface area (Å²) in [5, 5.41) is 2.79. The summed E-state index contributed by atoms with van der Waals surface area (Å²) < 4.78 is 36.0. The lowest BCUT2D eigenvalue weighted by atomic mass is 10.1. The minimum Gasteiger partial charge on any atom is -0.476 e. The Morgan fingerprint density at radius 3 is 2.62 bits per heavy atom. The molecule has 154 valence electrons. The molecule has 10 heteroatoms. The third kappa shape index (κ3) is 4.46. The molecule has 0 radical (unpaired) electrons. The van der Waals surface area contributed by atoms with Gasteiger partial charge in [0.15, 0.2) is 6.10 Å². The number of ether oxygens (including phenoxy) is 2. The molecule has 1 heterocycles. The Bertz CT molecular complexity index is 1090. The SMILES string of the molecule is COC(=O)c1ccc(Cl)c(NC(=O)[C@H]2CN(S(C)(=O)=O)c3cc(C)ccc3O2)c1. The van der Waals surface area contributed by atoms with Crippen molar-refractivity contribution in [3.8, 4) is 5.75 Å². The Morgan fingerprint density at radius 1 is 1.24 bits per heavy atom. The first-order valence-corrected chi connectivity index (χ1v) is 10.8. The van der Waals surface area contributed by atoms with E-state index in [0.717, 1.165) is 16.1 Å². The number of benzene rings is 2. The Balaban J connectivity index is 1.89. The van der Waals surface area contributed by atoms with E-state index in [1.165, 1.54) is 25.3 Å². The van der Waals surface area contributed by atoms with Crippen LogP contribution >= 0.6 is 11.6 Å². The standard InChI is InChI=1S/C19H19ClN2O6S/c1-11-4-7-16-15(8-11)22(29(3,25)26)10-17(28-16)18(23)21-14-9-12(19(24)27-2)5-6-13(14)20/h4-9,17H,10H2,1-3H3,(H,21,23)/t17-/m1/s1. The van der Waals surface area contributed by atoms with E-state index in [2.05, 4.69) is 10.1 Å². The number of hydrogen-bond donors (Lipinski definition) is 1. The Hall–Kier alpha value is -2.78. The van der Waals surface area contributed by atoms with Gasteiger partial charge in [-0.1, -0.05) is 17.7 Å². The lowest BCUT2D eigenvalue weighted by Crippen LogP contribution is -2.48. The number of hydrogen-bond acceptors (Lipinski definition) is 6. The molecule has 3 rings (SSSR count). The summed E-state index contributed by atoms with van der Waals surface area (Å²) in [6.45, 7) is 1.63. The molecule has 0 aliphatic carbocycles. The first-order chi connectivity index (χ1) is 13.6. The van der Waals surface area contributed by atoms with Crippen molar-refractivity contribution in [2.75, 3.05) is 29.5 Å². The maximum absolute atomic E-state index is 12.8. The van der Waals surface area contributed by atoms with Gasteiger partial charge in [-0.15, -0.1) is 0 Å². The number of fused-ring (bicyclic) bond motifs is 1. The highest BCUT2D eigenvalue weighted by atomic mass is 35.5. The number of carbonyl (C=O) groups is 2. The van der Waals surface area contributed by atoms with E-state index in [4.69, 9.17) is 16.3 Å². The van der Waals surface area contributed by atoms with Crippen molar-refractivity contribution in [1.29, 1.82) is 0 Å². The van der Waals surface area contributed by atoms with Crippen LogP contribution in [0.2, 0.25) is 5.02 Å². The van der Waals surface area contributed by atoms with Crippen LogP contribution in [-0.2, 0) is 19.6 Å². The molecule has 0 aromatic heterocycles. The Kier molecular flexibility index (Phi) is 5.72. The summed E-state index contributed by atoms with van der Waals surface area (Å²) in [5.74, 6) is -0.908. The fourth-order valence-corrected chi connectivity index (χ4v) is 3.96. The first-order valence-electron chi connectivity index (χ1n) is 8.54. The van der Waals surface area contributed by atoms with Crippen LogP contribution in [-0.4, -0.2) is 46.3 Å². The topological polar surface area (TPSA) is 102 Å². The fraction of sp³-hybridized carbons (Fsp3) is 0.263. The van der Waals surface area contributed by atoms with Gasteiger partial charge in [-0.25, -0.2) is 13.2 Å². The zero-order valence-corrected chi connectivity index (χ0v) is 17.5. The normalized spacial score (nSPS) is 15.9. The number of sulfonamides is 1. The Morgan fingerprint density at radius 2 is 1.97 bits per heavy atom. The van der Waals surface area contributed by atoms with Crippen molar-refractivity contribution >= 4 is 44.9 Å². The summed E-state index contributed by atoms with van der Waals surface area (Å²) in [5.41, 5.74) is 1.62. The van der Waals surface area contributed by atoms with E-state index in [0.29, 0.717) is 5.69 Å². The second-order valence-corrected chi connectivity index (χ2v) is 8.86. The van der Waals surface area contributed by atoms with E-state index in [-0.39, 0.29) is 28.6 Å². The van der Waals surface area contributed by atoms with Crippen LogP contribution in [0.1, 0.15) is 15.9 Å². The van der Waals surface area contributed by atoms with Crippen molar-refractivity contribution in [2.24, 2.45) is 0 Å². The van der Waals surface area contributed by atoms with Crippen LogP contribution in [0.5, 0.6) is 5.75 Å². The number of amides is 1. The molecular formula is C19H19ClN2O6S. The number of esters is 1. The van der Waals surface area contributed by atoms with Gasteiger partial charge >= 0.3 is 5.97 Å². The molecule has 8 nitrogen and oxygen atoms in total. The predicted octanol–water partition coefficient (Wildman–Crippen LogP) is 2.60. The van der Waals surface area contributed by atoms with Crippen LogP contribution in [0.4, 0.5) is 11.4 Å². The summed E-state index contributed by atoms with van der Waals surface area (Å²) in [6.07, 6.45) is -0.0476. The number of anilines is 2. The maximum atomic E-state index is 12.8. The average Bonchev–Trinajstić information content (AvgIpc) is 2.67. The number of aryl methyl sites for hydroxylation is 1. The molecule has 0 saturated carbocycles. The number of nitrogens with zero attached hydrogens (tertiary/aromatic N) is 1. The van der Waals surface area contributed by atoms with E-state index < -0.39 is 28.0 Å². The minimum atomic E-state index is -3.64. The predicted molar refractivity (Wildman–Crippen MR) is 109 cm³/mol. The molecule has 0 bridgehead atoms. The Labute approximate surface area is 173 Å². The third-order valence-electron chi connectivity index (χ3n) is 4.32. The molecule has 29 heavy (non-hydrogen) atoms. The molecule has 1 aliphatic heterocycles. The highest BCUT2D eigenvalue weighted by molar-refractivity contribution is 7.92. The van der Waals surface area contributed by atoms with Crippen LogP contribution in [0, 0.1) is 6.92 Å². The molecule has 0 spiro atoms. The molecule has 2 aromatic rings. The van der Waals surface area contributed by atoms with E-state index in [1.807, 2.05) is 6.92 Å². The van der Waals surface area contributed by atoms with Gasteiger partial charge in [-0.05, 0) is 42.8 Å². The highest BCUT2D eigenvalue weighted by Crippen LogP contribution is 2.36. The lowest BCUT2D eigenvalue weighted by molar-refractivity contribution is -0.122. The van der Waals surface area contributed by atoms with Gasteiger partial charge in [0.2, 0.25) is 10.0 Å². The summed E-state index contributed by atoms with van der Waals surface area (Å²) in [6, 6.07) is 9.35. The molecule has 1 N–H and O–H groups in total. The molecular weight excluding hydrogens is 420 g/mol. The minimum absolute atomic E-state index is 0.184. The lowest BCUT2D eigenvalue weighted by Gasteiger charge is -2.34. The van der Waals surface area contributed by atoms with Gasteiger partial charge in [-0.2, -0.15) is 0 Å². The van der Waals surface area contributed by atoms with E-state index >= 15 is 0 Å². The smallest absolute Gasteiger partial charge is 0.337 e. The van der Waals surface area contributed by atoms with E-state index in [9.17, 15) is 18.0 Å². The summed E-state index contributed by atoms with van der Waals surface area (Å²) in [4.78, 5) is 24.5. The number of nitrogens with one attached hydrogen (secondary N) is 1. The fourth-order valence-electron chi connectivity index (χ4n) is 2.89. The second kappa shape index (κ2) is 7.92. The zero-order valence-electron chi connectivity index (χ0n) is 15.9. The summed E-state index contributed by atoms with van der Waals surface area (Å²) >= 11 is 6.11. The van der Waals surface area contributed by atoms with Crippen molar-refractivity contribution in [2.45, 2.75) is 13.0 Å². The van der Waals surface area contributed by atoms with Crippen LogP contribution in [0.25, 0.3) is 0 Å². The molecule has 0 saturated heterocycles. The molecule has 0 unspecified atom stereocenters. The van der Waals surface area contributed by atoms with Crippen molar-refractivity contribution in [3.63, 3.8) is 0 Å². The van der Waals surface area contributed by atoms with E-state index in [1.54, 1.807) is 18.2 Å². The number of halogens is 1. The average molecular weight is 439 g/mol. The first kappa shape index (κ1) is 20.9. The van der Waals surface area contributed by atoms with Gasteiger partial charge < -0.3 is 14.8 Å². The molecule has 1 amide bonds. The van der Waals surface area contributed by atoms with Gasteiger partial charge in [0, 0.05) is 0 Å². The molecule has 1 atom stereocenters. The number of carbonyl (C=O) groups excluding carboxylic acids is 2. The van der Waals surface area contributed by atoms with Gasteiger partial charge in [-0.3, -0.25) is 9.10 Å². The van der Waals surface area contributed by atoms with Crippen molar-refractivity contribution in [1.82, 2.24) is 0 Å². The molecule has 0 fully saturated rings. The summed E-state index contributed by atoms with van der Waals surface area (Å²) in [7, 11) is -2.40.